The van der Waals surface area contributed by atoms with Crippen LogP contribution in [-0.2, 0) is 25.5 Å². The molecule has 1 fully saturated rings. The van der Waals surface area contributed by atoms with E-state index in [4.69, 9.17) is 10.5 Å². The highest BCUT2D eigenvalue weighted by atomic mass is 19.2. The standard InChI is InChI=1S/C23H28F2N2O5/c1-23(2,3)32-22(31)27-19(10-20(29)15-7-12(28)8-16(15)21(26)30)13-5-4-11-6-17(24)18(25)9-14(11)13/h6,9,13,15-16,19H,4-5,7-8,10H2,1-3H3,(H2,26,30)(H,27,31)/t13?,15?,16-,19?/m1/s1. The van der Waals surface area contributed by atoms with Gasteiger partial charge < -0.3 is 15.8 Å². The summed E-state index contributed by atoms with van der Waals surface area (Å²) in [6, 6.07) is 1.45. The third kappa shape index (κ3) is 5.31. The van der Waals surface area contributed by atoms with E-state index in [0.717, 1.165) is 12.1 Å². The van der Waals surface area contributed by atoms with Gasteiger partial charge in [0, 0.05) is 37.1 Å². The number of alkyl carbamates (subject to hydrolysis) is 1. The number of hydrogen-bond donors (Lipinski definition) is 2. The van der Waals surface area contributed by atoms with Gasteiger partial charge in [-0.15, -0.1) is 0 Å². The molecule has 3 N–H and O–H groups in total. The fraction of sp³-hybridized carbons (Fsp3) is 0.565. The maximum Gasteiger partial charge on any atom is 0.407 e. The Labute approximate surface area is 185 Å². The van der Waals surface area contributed by atoms with Crippen LogP contribution in [0.15, 0.2) is 12.1 Å². The molecule has 1 aromatic carbocycles. The second-order valence-electron chi connectivity index (χ2n) is 9.60. The number of aryl methyl sites for hydroxylation is 1. The minimum Gasteiger partial charge on any atom is -0.444 e. The first kappa shape index (κ1) is 23.8. The molecule has 0 bridgehead atoms. The minimum absolute atomic E-state index is 0.0767. The van der Waals surface area contributed by atoms with Gasteiger partial charge in [-0.25, -0.2) is 13.6 Å². The van der Waals surface area contributed by atoms with Crippen molar-refractivity contribution in [2.45, 2.75) is 70.4 Å². The molecule has 0 aromatic heterocycles. The third-order valence-corrected chi connectivity index (χ3v) is 6.08. The first-order valence-corrected chi connectivity index (χ1v) is 10.7. The van der Waals surface area contributed by atoms with Crippen LogP contribution in [0.4, 0.5) is 13.6 Å². The zero-order valence-corrected chi connectivity index (χ0v) is 18.4. The smallest absolute Gasteiger partial charge is 0.407 e. The topological polar surface area (TPSA) is 116 Å². The van der Waals surface area contributed by atoms with E-state index < -0.39 is 53.0 Å². The molecule has 2 amide bonds. The molecular weight excluding hydrogens is 422 g/mol. The number of ketones is 2. The van der Waals surface area contributed by atoms with E-state index in [0.29, 0.717) is 24.0 Å². The van der Waals surface area contributed by atoms with Crippen LogP contribution in [0.1, 0.15) is 63.5 Å². The Morgan fingerprint density at radius 2 is 1.78 bits per heavy atom. The van der Waals surface area contributed by atoms with Crippen molar-refractivity contribution >= 4 is 23.6 Å². The van der Waals surface area contributed by atoms with Gasteiger partial charge in [-0.2, -0.15) is 0 Å². The van der Waals surface area contributed by atoms with Crippen molar-refractivity contribution in [1.82, 2.24) is 5.32 Å². The van der Waals surface area contributed by atoms with E-state index >= 15 is 0 Å². The lowest BCUT2D eigenvalue weighted by atomic mass is 9.83. The number of hydrogen-bond acceptors (Lipinski definition) is 5. The summed E-state index contributed by atoms with van der Waals surface area (Å²) in [5.41, 5.74) is 5.73. The summed E-state index contributed by atoms with van der Waals surface area (Å²) in [5.74, 6) is -5.45. The molecule has 4 atom stereocenters. The summed E-state index contributed by atoms with van der Waals surface area (Å²) in [7, 11) is 0. The summed E-state index contributed by atoms with van der Waals surface area (Å²) in [6.07, 6.45) is -0.164. The molecule has 0 aliphatic heterocycles. The number of rotatable bonds is 6. The molecule has 174 valence electrons. The number of primary amides is 1. The molecule has 1 aromatic rings. The predicted molar refractivity (Wildman–Crippen MR) is 111 cm³/mol. The highest BCUT2D eigenvalue weighted by molar-refractivity contribution is 5.98. The molecule has 0 saturated heterocycles. The number of nitrogens with one attached hydrogen (secondary N) is 1. The molecule has 3 rings (SSSR count). The Hall–Kier alpha value is -2.84. The molecule has 32 heavy (non-hydrogen) atoms. The summed E-state index contributed by atoms with van der Waals surface area (Å²) < 4.78 is 32.9. The Bertz CT molecular complexity index is 956. The minimum atomic E-state index is -1.01. The second kappa shape index (κ2) is 8.96. The summed E-state index contributed by atoms with van der Waals surface area (Å²) in [5, 5.41) is 2.70. The highest BCUT2D eigenvalue weighted by Gasteiger charge is 2.43. The van der Waals surface area contributed by atoms with Crippen LogP contribution in [0.2, 0.25) is 0 Å². The average Bonchev–Trinajstić information content (AvgIpc) is 3.23. The molecule has 2 aliphatic rings. The van der Waals surface area contributed by atoms with Gasteiger partial charge in [0.1, 0.15) is 17.2 Å². The Kier molecular flexibility index (Phi) is 6.67. The largest absolute Gasteiger partial charge is 0.444 e. The van der Waals surface area contributed by atoms with E-state index in [9.17, 15) is 28.0 Å². The molecule has 7 nitrogen and oxygen atoms in total. The van der Waals surface area contributed by atoms with Crippen LogP contribution in [0.3, 0.4) is 0 Å². The average molecular weight is 450 g/mol. The zero-order valence-electron chi connectivity index (χ0n) is 18.4. The highest BCUT2D eigenvalue weighted by Crippen LogP contribution is 2.39. The van der Waals surface area contributed by atoms with Gasteiger partial charge in [-0.05, 0) is 56.9 Å². The van der Waals surface area contributed by atoms with Crippen molar-refractivity contribution in [1.29, 1.82) is 0 Å². The predicted octanol–water partition coefficient (Wildman–Crippen LogP) is 2.93. The van der Waals surface area contributed by atoms with E-state index in [1.54, 1.807) is 20.8 Å². The summed E-state index contributed by atoms with van der Waals surface area (Å²) in [4.78, 5) is 49.1. The van der Waals surface area contributed by atoms with Crippen molar-refractivity contribution in [3.8, 4) is 0 Å². The van der Waals surface area contributed by atoms with Crippen molar-refractivity contribution in [3.05, 3.63) is 34.9 Å². The van der Waals surface area contributed by atoms with Crippen LogP contribution in [-0.4, -0.2) is 35.2 Å². The number of Topliss-reactive ketones (excluding diaryl/α,β-unsaturated/α-hetero) is 2. The molecule has 0 heterocycles. The Morgan fingerprint density at radius 1 is 1.16 bits per heavy atom. The quantitative estimate of drug-likeness (QED) is 0.691. The number of carbonyl (C=O) groups excluding carboxylic acids is 4. The number of nitrogens with two attached hydrogens (primary N) is 1. The van der Waals surface area contributed by atoms with Crippen molar-refractivity contribution in [3.63, 3.8) is 0 Å². The Balaban J connectivity index is 1.86. The molecule has 0 spiro atoms. The third-order valence-electron chi connectivity index (χ3n) is 6.08. The van der Waals surface area contributed by atoms with E-state index in [2.05, 4.69) is 5.32 Å². The first-order valence-electron chi connectivity index (χ1n) is 10.7. The zero-order chi connectivity index (χ0) is 23.8. The van der Waals surface area contributed by atoms with Gasteiger partial charge in [0.2, 0.25) is 5.91 Å². The number of ether oxygens (including phenoxy) is 1. The molecule has 3 unspecified atom stereocenters. The number of halogens is 2. The first-order chi connectivity index (χ1) is 14.9. The normalized spacial score (nSPS) is 23.5. The fourth-order valence-electron chi connectivity index (χ4n) is 4.67. The van der Waals surface area contributed by atoms with Gasteiger partial charge in [0.25, 0.3) is 0 Å². The lowest BCUT2D eigenvalue weighted by Gasteiger charge is -2.28. The fourth-order valence-corrected chi connectivity index (χ4v) is 4.67. The van der Waals surface area contributed by atoms with Crippen molar-refractivity contribution in [2.75, 3.05) is 0 Å². The van der Waals surface area contributed by atoms with Gasteiger partial charge >= 0.3 is 6.09 Å². The maximum absolute atomic E-state index is 13.9. The van der Waals surface area contributed by atoms with Crippen LogP contribution in [0.5, 0.6) is 0 Å². The molecule has 2 aliphatic carbocycles. The van der Waals surface area contributed by atoms with E-state index in [-0.39, 0.29) is 30.8 Å². The van der Waals surface area contributed by atoms with Crippen LogP contribution >= 0.6 is 0 Å². The molecule has 9 heteroatoms. The lowest BCUT2D eigenvalue weighted by molar-refractivity contribution is -0.131. The van der Waals surface area contributed by atoms with Gasteiger partial charge in [0.05, 0.1) is 5.92 Å². The lowest BCUT2D eigenvalue weighted by Crippen LogP contribution is -2.44. The van der Waals surface area contributed by atoms with Gasteiger partial charge in [-0.1, -0.05) is 0 Å². The number of carbonyl (C=O) groups is 4. The number of benzene rings is 1. The maximum atomic E-state index is 13.9. The van der Waals surface area contributed by atoms with Crippen LogP contribution in [0.25, 0.3) is 0 Å². The summed E-state index contributed by atoms with van der Waals surface area (Å²) >= 11 is 0. The molecular formula is C23H28F2N2O5. The molecule has 0 radical (unpaired) electrons. The van der Waals surface area contributed by atoms with Crippen molar-refractivity contribution < 1.29 is 32.7 Å². The monoisotopic (exact) mass is 450 g/mol. The second-order valence-corrected chi connectivity index (χ2v) is 9.60. The van der Waals surface area contributed by atoms with Crippen LogP contribution < -0.4 is 11.1 Å². The SMILES string of the molecule is CC(C)(C)OC(=O)NC(CC(=O)C1CC(=O)C[C@H]1C(N)=O)C1CCc2cc(F)c(F)cc21. The van der Waals surface area contributed by atoms with Gasteiger partial charge in [0.15, 0.2) is 11.6 Å². The van der Waals surface area contributed by atoms with Crippen molar-refractivity contribution in [2.24, 2.45) is 17.6 Å². The summed E-state index contributed by atoms with van der Waals surface area (Å²) in [6.45, 7) is 5.08. The Morgan fingerprint density at radius 3 is 2.41 bits per heavy atom. The van der Waals surface area contributed by atoms with Crippen LogP contribution in [0, 0.1) is 23.5 Å². The van der Waals surface area contributed by atoms with E-state index in [1.165, 1.54) is 0 Å². The van der Waals surface area contributed by atoms with E-state index in [1.807, 2.05) is 0 Å². The van der Waals surface area contributed by atoms with Gasteiger partial charge in [-0.3, -0.25) is 14.4 Å². The number of fused-ring (bicyclic) bond motifs is 1. The molecule has 1 saturated carbocycles. The number of amides is 2.